The Hall–Kier alpha value is -1.21. The van der Waals surface area contributed by atoms with E-state index in [4.69, 9.17) is 28.8 Å². The number of thiocarbonyl (C=S) groups is 1. The second-order valence-corrected chi connectivity index (χ2v) is 8.62. The maximum absolute atomic E-state index is 6.05. The van der Waals surface area contributed by atoms with Gasteiger partial charge in [0, 0.05) is 27.4 Å². The lowest BCUT2D eigenvalue weighted by atomic mass is 10.3. The van der Waals surface area contributed by atoms with Gasteiger partial charge in [0.05, 0.1) is 5.69 Å². The van der Waals surface area contributed by atoms with Crippen LogP contribution in [0.4, 0.5) is 11.4 Å². The van der Waals surface area contributed by atoms with E-state index in [1.165, 1.54) is 0 Å². The van der Waals surface area contributed by atoms with E-state index in [0.717, 1.165) is 28.0 Å². The number of anilines is 1. The maximum atomic E-state index is 6.05. The van der Waals surface area contributed by atoms with E-state index < -0.39 is 0 Å². The van der Waals surface area contributed by atoms with Crippen molar-refractivity contribution in [2.24, 2.45) is 4.99 Å². The smallest absolute Gasteiger partial charge is 0.179 e. The van der Waals surface area contributed by atoms with Gasteiger partial charge in [0.1, 0.15) is 0 Å². The van der Waals surface area contributed by atoms with Gasteiger partial charge in [0.2, 0.25) is 0 Å². The predicted molar refractivity (Wildman–Crippen MR) is 117 cm³/mol. The number of benzene rings is 2. The van der Waals surface area contributed by atoms with Crippen molar-refractivity contribution < 1.29 is 0 Å². The van der Waals surface area contributed by atoms with E-state index in [1.807, 2.05) is 42.5 Å². The Morgan fingerprint density at radius 2 is 2.12 bits per heavy atom. The molecule has 2 aromatic carbocycles. The molecule has 7 heteroatoms. The summed E-state index contributed by atoms with van der Waals surface area (Å²) in [4.78, 5) is 8.09. The zero-order valence-electron chi connectivity index (χ0n) is 13.9. The number of hydrogen-bond acceptors (Lipinski definition) is 4. The van der Waals surface area contributed by atoms with E-state index in [-0.39, 0.29) is 0 Å². The predicted octanol–water partition coefficient (Wildman–Crippen LogP) is 5.88. The van der Waals surface area contributed by atoms with Gasteiger partial charge in [-0.25, -0.2) is 4.99 Å². The number of rotatable bonds is 3. The van der Waals surface area contributed by atoms with Crippen LogP contribution in [0.5, 0.6) is 0 Å². The molecule has 3 rings (SSSR count). The summed E-state index contributed by atoms with van der Waals surface area (Å²) in [5, 5.41) is 5.94. The van der Waals surface area contributed by atoms with E-state index in [1.54, 1.807) is 23.5 Å². The highest BCUT2D eigenvalue weighted by atomic mass is 35.5. The highest BCUT2D eigenvalue weighted by Crippen LogP contribution is 2.33. The molecule has 1 fully saturated rings. The molecule has 1 N–H and O–H groups in total. The minimum absolute atomic E-state index is 0.430. The Balaban J connectivity index is 1.84. The number of hydrogen-bond donors (Lipinski definition) is 1. The molecule has 1 unspecified atom stereocenters. The average molecular weight is 408 g/mol. The van der Waals surface area contributed by atoms with Crippen LogP contribution in [-0.2, 0) is 0 Å². The number of aliphatic imine (C=N–C) groups is 1. The van der Waals surface area contributed by atoms with Gasteiger partial charge in [0.15, 0.2) is 10.3 Å². The molecule has 1 heterocycles. The first kappa shape index (κ1) is 18.6. The molecule has 0 radical (unpaired) electrons. The highest BCUT2D eigenvalue weighted by molar-refractivity contribution is 8.14. The number of amidine groups is 1. The zero-order chi connectivity index (χ0) is 17.8. The normalized spacial score (nSPS) is 18.6. The maximum Gasteiger partial charge on any atom is 0.179 e. The zero-order valence-corrected chi connectivity index (χ0v) is 17.1. The van der Waals surface area contributed by atoms with Crippen molar-refractivity contribution in [3.63, 3.8) is 0 Å². The molecule has 25 heavy (non-hydrogen) atoms. The van der Waals surface area contributed by atoms with Crippen molar-refractivity contribution in [1.29, 1.82) is 0 Å². The summed E-state index contributed by atoms with van der Waals surface area (Å²) >= 11 is 15.1. The molecule has 1 aliphatic heterocycles. The molecule has 0 bridgehead atoms. The Labute approximate surface area is 167 Å². The first-order valence-electron chi connectivity index (χ1n) is 7.79. The van der Waals surface area contributed by atoms with Gasteiger partial charge in [0.25, 0.3) is 0 Å². The first-order valence-corrected chi connectivity index (χ1v) is 10.7. The number of nitrogens with one attached hydrogen (secondary N) is 1. The lowest BCUT2D eigenvalue weighted by molar-refractivity contribution is 0.641. The first-order chi connectivity index (χ1) is 12.1. The summed E-state index contributed by atoms with van der Waals surface area (Å²) < 4.78 is 0. The molecular formula is C18H18ClN3S3. The molecule has 130 valence electrons. The van der Waals surface area contributed by atoms with Crippen LogP contribution in [0, 0.1) is 0 Å². The molecular weight excluding hydrogens is 390 g/mol. The van der Waals surface area contributed by atoms with Crippen LogP contribution in [-0.4, -0.2) is 33.2 Å². The van der Waals surface area contributed by atoms with Crippen molar-refractivity contribution in [1.82, 2.24) is 4.90 Å². The van der Waals surface area contributed by atoms with E-state index in [0.29, 0.717) is 15.4 Å². The van der Waals surface area contributed by atoms with Crippen LogP contribution in [0.25, 0.3) is 0 Å². The topological polar surface area (TPSA) is 27.6 Å². The van der Waals surface area contributed by atoms with Gasteiger partial charge in [-0.05, 0) is 48.8 Å². The monoisotopic (exact) mass is 407 g/mol. The van der Waals surface area contributed by atoms with Gasteiger partial charge < -0.3 is 5.32 Å². The van der Waals surface area contributed by atoms with Crippen molar-refractivity contribution in [2.45, 2.75) is 17.1 Å². The largest absolute Gasteiger partial charge is 0.332 e. The van der Waals surface area contributed by atoms with Crippen LogP contribution in [0.3, 0.4) is 0 Å². The van der Waals surface area contributed by atoms with Gasteiger partial charge in [-0.3, -0.25) is 4.90 Å². The SMILES string of the molecule is CSc1ccccc1N=C1SC(C)CN1C(=S)Nc1cccc(Cl)c1. The summed E-state index contributed by atoms with van der Waals surface area (Å²) in [5.74, 6) is 0. The number of para-hydroxylation sites is 1. The lowest BCUT2D eigenvalue weighted by Crippen LogP contribution is -2.36. The Bertz CT molecular complexity index is 810. The average Bonchev–Trinajstić information content (AvgIpc) is 2.96. The molecule has 1 saturated heterocycles. The molecule has 0 aromatic heterocycles. The van der Waals surface area contributed by atoms with Crippen molar-refractivity contribution in [3.05, 3.63) is 53.6 Å². The molecule has 0 amide bonds. The second kappa shape index (κ2) is 8.45. The molecule has 0 spiro atoms. The quantitative estimate of drug-likeness (QED) is 0.506. The second-order valence-electron chi connectivity index (χ2n) is 5.55. The van der Waals surface area contributed by atoms with Gasteiger partial charge >= 0.3 is 0 Å². The van der Waals surface area contributed by atoms with Crippen LogP contribution < -0.4 is 5.32 Å². The fourth-order valence-electron chi connectivity index (χ4n) is 2.45. The Kier molecular flexibility index (Phi) is 6.28. The summed E-state index contributed by atoms with van der Waals surface area (Å²) in [6, 6.07) is 15.7. The van der Waals surface area contributed by atoms with E-state index in [2.05, 4.69) is 29.5 Å². The third kappa shape index (κ3) is 4.70. The molecule has 2 aromatic rings. The third-order valence-corrected chi connectivity index (χ3v) is 6.02. The van der Waals surface area contributed by atoms with Crippen LogP contribution >= 0.6 is 47.3 Å². The van der Waals surface area contributed by atoms with Crippen molar-refractivity contribution in [2.75, 3.05) is 18.1 Å². The van der Waals surface area contributed by atoms with Gasteiger partial charge in [-0.1, -0.05) is 48.5 Å². The standard InChI is InChI=1S/C18H18ClN3S3/c1-12-11-22(17(23)20-14-7-5-6-13(19)10-14)18(25-12)21-15-8-3-4-9-16(15)24-2/h3-10,12H,11H2,1-2H3,(H,20,23). The van der Waals surface area contributed by atoms with Gasteiger partial charge in [-0.15, -0.1) is 11.8 Å². The van der Waals surface area contributed by atoms with Crippen LogP contribution in [0.15, 0.2) is 58.4 Å². The number of halogens is 1. The van der Waals surface area contributed by atoms with Crippen molar-refractivity contribution >= 4 is 69.0 Å². The van der Waals surface area contributed by atoms with E-state index >= 15 is 0 Å². The van der Waals surface area contributed by atoms with E-state index in [9.17, 15) is 0 Å². The van der Waals surface area contributed by atoms with Crippen LogP contribution in [0.1, 0.15) is 6.92 Å². The third-order valence-electron chi connectivity index (χ3n) is 3.60. The minimum atomic E-state index is 0.430. The summed E-state index contributed by atoms with van der Waals surface area (Å²) in [5.41, 5.74) is 1.85. The number of nitrogens with zero attached hydrogens (tertiary/aromatic N) is 2. The summed E-state index contributed by atoms with van der Waals surface area (Å²) in [7, 11) is 0. The summed E-state index contributed by atoms with van der Waals surface area (Å²) in [6.07, 6.45) is 2.06. The highest BCUT2D eigenvalue weighted by Gasteiger charge is 2.29. The molecule has 0 aliphatic carbocycles. The molecule has 1 atom stereocenters. The van der Waals surface area contributed by atoms with Gasteiger partial charge in [-0.2, -0.15) is 0 Å². The fourth-order valence-corrected chi connectivity index (χ4v) is 4.55. The number of thioether (sulfide) groups is 2. The molecule has 1 aliphatic rings. The fraction of sp³-hybridized carbons (Fsp3) is 0.222. The lowest BCUT2D eigenvalue weighted by Gasteiger charge is -2.20. The minimum Gasteiger partial charge on any atom is -0.332 e. The summed E-state index contributed by atoms with van der Waals surface area (Å²) in [6.45, 7) is 3.01. The Morgan fingerprint density at radius 1 is 1.32 bits per heavy atom. The van der Waals surface area contributed by atoms with Crippen molar-refractivity contribution in [3.8, 4) is 0 Å². The molecule has 0 saturated carbocycles. The van der Waals surface area contributed by atoms with Crippen LogP contribution in [0.2, 0.25) is 5.02 Å². The molecule has 3 nitrogen and oxygen atoms in total. The Morgan fingerprint density at radius 3 is 2.88 bits per heavy atom.